The van der Waals surface area contributed by atoms with Crippen LogP contribution >= 0.6 is 11.8 Å². The Labute approximate surface area is 196 Å². The Hall–Kier alpha value is -3.71. The number of aryl methyl sites for hydroxylation is 1. The molecule has 4 aromatic rings. The van der Waals surface area contributed by atoms with Crippen LogP contribution in [0.2, 0.25) is 0 Å². The van der Waals surface area contributed by atoms with Gasteiger partial charge in [0, 0.05) is 22.9 Å². The molecule has 0 saturated heterocycles. The molecule has 2 N–H and O–H groups in total. The molecular weight excluding hydrogens is 434 g/mol. The molecule has 166 valence electrons. The van der Waals surface area contributed by atoms with Gasteiger partial charge in [0.2, 0.25) is 5.91 Å². The fourth-order valence-corrected chi connectivity index (χ4v) is 4.37. The zero-order chi connectivity index (χ0) is 22.6. The van der Waals surface area contributed by atoms with Gasteiger partial charge in [-0.3, -0.25) is 4.79 Å². The van der Waals surface area contributed by atoms with E-state index in [1.165, 1.54) is 17.3 Å². The quantitative estimate of drug-likeness (QED) is 0.371. The highest BCUT2D eigenvalue weighted by Gasteiger charge is 2.17. The van der Waals surface area contributed by atoms with Crippen molar-refractivity contribution in [2.24, 2.45) is 0 Å². The Kier molecular flexibility index (Phi) is 6.04. The average Bonchev–Trinajstić information content (AvgIpc) is 3.28. The van der Waals surface area contributed by atoms with Gasteiger partial charge in [0.15, 0.2) is 11.5 Å². The third-order valence-corrected chi connectivity index (χ3v) is 6.20. The van der Waals surface area contributed by atoms with Crippen LogP contribution in [0.4, 0.5) is 5.69 Å². The molecule has 6 nitrogen and oxygen atoms in total. The van der Waals surface area contributed by atoms with E-state index in [4.69, 9.17) is 14.5 Å². The molecule has 0 atom stereocenters. The third kappa shape index (κ3) is 4.88. The lowest BCUT2D eigenvalue weighted by atomic mass is 10.1. The number of benzene rings is 3. The highest BCUT2D eigenvalue weighted by atomic mass is 32.2. The molecular formula is C26H23N3O3S. The first-order valence-corrected chi connectivity index (χ1v) is 11.7. The van der Waals surface area contributed by atoms with Gasteiger partial charge in [0.1, 0.15) is 24.1 Å². The molecule has 33 heavy (non-hydrogen) atoms. The molecule has 1 aromatic heterocycles. The Morgan fingerprint density at radius 2 is 1.73 bits per heavy atom. The summed E-state index contributed by atoms with van der Waals surface area (Å²) < 4.78 is 11.1. The monoisotopic (exact) mass is 457 g/mol. The molecule has 0 aliphatic carbocycles. The Morgan fingerprint density at radius 3 is 2.52 bits per heavy atom. The number of carbonyl (C=O) groups excluding carboxylic acids is 1. The van der Waals surface area contributed by atoms with Crippen molar-refractivity contribution in [3.63, 3.8) is 0 Å². The number of rotatable bonds is 6. The number of nitrogens with zero attached hydrogens (tertiary/aromatic N) is 1. The summed E-state index contributed by atoms with van der Waals surface area (Å²) in [7, 11) is 0. The van der Waals surface area contributed by atoms with E-state index in [-0.39, 0.29) is 11.7 Å². The van der Waals surface area contributed by atoms with Crippen molar-refractivity contribution in [2.45, 2.75) is 11.9 Å². The van der Waals surface area contributed by atoms with E-state index in [0.717, 1.165) is 27.7 Å². The molecule has 1 amide bonds. The standard InChI is InChI=1S/C26H23N3O3S/c1-17-7-9-19(10-8-17)25-28-24(18-5-3-2-4-6-18)26(29-25)33-16-23(30)27-20-11-12-21-22(15-20)32-14-13-31-21/h2-12,15H,13-14,16H2,1H3,(H,27,30)(H,28,29). The number of aromatic nitrogens is 2. The van der Waals surface area contributed by atoms with Crippen LogP contribution in [-0.4, -0.2) is 34.8 Å². The minimum absolute atomic E-state index is 0.115. The van der Waals surface area contributed by atoms with Gasteiger partial charge in [0.25, 0.3) is 0 Å². The number of hydrogen-bond donors (Lipinski definition) is 2. The number of ether oxygens (including phenoxy) is 2. The average molecular weight is 458 g/mol. The van der Waals surface area contributed by atoms with Gasteiger partial charge in [-0.25, -0.2) is 4.98 Å². The largest absolute Gasteiger partial charge is 0.486 e. The lowest BCUT2D eigenvalue weighted by Crippen LogP contribution is -2.17. The molecule has 0 fully saturated rings. The van der Waals surface area contributed by atoms with E-state index in [1.54, 1.807) is 6.07 Å². The number of hydrogen-bond acceptors (Lipinski definition) is 5. The van der Waals surface area contributed by atoms with Crippen molar-refractivity contribution in [3.05, 3.63) is 78.4 Å². The van der Waals surface area contributed by atoms with Crippen molar-refractivity contribution >= 4 is 23.4 Å². The molecule has 5 rings (SSSR count). The molecule has 0 radical (unpaired) electrons. The Bertz CT molecular complexity index is 1270. The van der Waals surface area contributed by atoms with Crippen molar-refractivity contribution in [3.8, 4) is 34.1 Å². The van der Waals surface area contributed by atoms with E-state index >= 15 is 0 Å². The van der Waals surface area contributed by atoms with Gasteiger partial charge in [-0.1, -0.05) is 71.9 Å². The molecule has 3 aromatic carbocycles. The second-order valence-electron chi connectivity index (χ2n) is 7.69. The molecule has 1 aliphatic heterocycles. The van der Waals surface area contributed by atoms with Gasteiger partial charge in [-0.05, 0) is 19.1 Å². The summed E-state index contributed by atoms with van der Waals surface area (Å²) in [4.78, 5) is 20.9. The summed E-state index contributed by atoms with van der Waals surface area (Å²) in [6, 6.07) is 23.7. The van der Waals surface area contributed by atoms with Crippen molar-refractivity contribution in [1.82, 2.24) is 9.97 Å². The first-order chi connectivity index (χ1) is 16.2. The predicted octanol–water partition coefficient (Wildman–Crippen LogP) is 5.55. The summed E-state index contributed by atoms with van der Waals surface area (Å²) in [5, 5.41) is 3.72. The Balaban J connectivity index is 1.34. The number of amides is 1. The van der Waals surface area contributed by atoms with Gasteiger partial charge in [-0.15, -0.1) is 0 Å². The molecule has 0 unspecified atom stereocenters. The van der Waals surface area contributed by atoms with Crippen LogP contribution in [0.1, 0.15) is 5.56 Å². The van der Waals surface area contributed by atoms with Crippen LogP contribution in [0.5, 0.6) is 11.5 Å². The van der Waals surface area contributed by atoms with Crippen molar-refractivity contribution in [2.75, 3.05) is 24.3 Å². The topological polar surface area (TPSA) is 76.2 Å². The first-order valence-electron chi connectivity index (χ1n) is 10.7. The lowest BCUT2D eigenvalue weighted by Gasteiger charge is -2.18. The number of anilines is 1. The number of carbonyl (C=O) groups is 1. The van der Waals surface area contributed by atoms with Crippen LogP contribution in [-0.2, 0) is 4.79 Å². The minimum atomic E-state index is -0.115. The summed E-state index contributed by atoms with van der Waals surface area (Å²) in [6.07, 6.45) is 0. The Morgan fingerprint density at radius 1 is 0.970 bits per heavy atom. The number of thioether (sulfide) groups is 1. The zero-order valence-corrected chi connectivity index (χ0v) is 18.9. The summed E-state index contributed by atoms with van der Waals surface area (Å²) in [5.41, 5.74) is 4.81. The second kappa shape index (κ2) is 9.42. The predicted molar refractivity (Wildman–Crippen MR) is 131 cm³/mol. The number of fused-ring (bicyclic) bond motifs is 1. The molecule has 0 saturated carbocycles. The molecule has 0 spiro atoms. The fraction of sp³-hybridized carbons (Fsp3) is 0.154. The van der Waals surface area contributed by atoms with Crippen molar-refractivity contribution < 1.29 is 14.3 Å². The minimum Gasteiger partial charge on any atom is -0.486 e. The van der Waals surface area contributed by atoms with Crippen molar-refractivity contribution in [1.29, 1.82) is 0 Å². The first kappa shape index (κ1) is 21.2. The number of H-pyrrole nitrogens is 1. The third-order valence-electron chi connectivity index (χ3n) is 5.22. The highest BCUT2D eigenvalue weighted by Crippen LogP contribution is 2.34. The normalized spacial score (nSPS) is 12.4. The van der Waals surface area contributed by atoms with Crippen LogP contribution in [0, 0.1) is 6.92 Å². The fourth-order valence-electron chi connectivity index (χ4n) is 3.56. The van der Waals surface area contributed by atoms with Gasteiger partial charge in [-0.2, -0.15) is 0 Å². The number of aromatic amines is 1. The molecule has 0 bridgehead atoms. The summed E-state index contributed by atoms with van der Waals surface area (Å²) in [5.74, 6) is 2.24. The van der Waals surface area contributed by atoms with E-state index in [2.05, 4.69) is 29.4 Å². The maximum absolute atomic E-state index is 12.7. The van der Waals surface area contributed by atoms with E-state index in [1.807, 2.05) is 54.6 Å². The van der Waals surface area contributed by atoms with E-state index < -0.39 is 0 Å². The molecule has 1 aliphatic rings. The molecule has 7 heteroatoms. The summed E-state index contributed by atoms with van der Waals surface area (Å²) in [6.45, 7) is 3.10. The van der Waals surface area contributed by atoms with Gasteiger partial charge in [0.05, 0.1) is 11.4 Å². The highest BCUT2D eigenvalue weighted by molar-refractivity contribution is 8.00. The number of imidazole rings is 1. The van der Waals surface area contributed by atoms with Crippen LogP contribution in [0.15, 0.2) is 77.8 Å². The summed E-state index contributed by atoms with van der Waals surface area (Å²) >= 11 is 1.41. The van der Waals surface area contributed by atoms with Crippen LogP contribution in [0.3, 0.4) is 0 Å². The van der Waals surface area contributed by atoms with Gasteiger partial charge >= 0.3 is 0 Å². The van der Waals surface area contributed by atoms with Crippen LogP contribution < -0.4 is 14.8 Å². The molecule has 2 heterocycles. The smallest absolute Gasteiger partial charge is 0.234 e. The zero-order valence-electron chi connectivity index (χ0n) is 18.1. The number of nitrogens with one attached hydrogen (secondary N) is 2. The SMILES string of the molecule is Cc1ccc(-c2nc(SCC(=O)Nc3ccc4c(c3)OCCO4)c(-c3ccccc3)[nH]2)cc1. The maximum atomic E-state index is 12.7. The van der Waals surface area contributed by atoms with E-state index in [9.17, 15) is 4.79 Å². The van der Waals surface area contributed by atoms with Crippen LogP contribution in [0.25, 0.3) is 22.6 Å². The van der Waals surface area contributed by atoms with E-state index in [0.29, 0.717) is 30.4 Å². The van der Waals surface area contributed by atoms with Gasteiger partial charge < -0.3 is 19.8 Å². The second-order valence-corrected chi connectivity index (χ2v) is 8.66. The maximum Gasteiger partial charge on any atom is 0.234 e. The lowest BCUT2D eigenvalue weighted by molar-refractivity contribution is -0.113.